The Kier molecular flexibility index (Phi) is 3.67. The van der Waals surface area contributed by atoms with E-state index in [2.05, 4.69) is 8.93 Å². The molecule has 0 spiro atoms. The van der Waals surface area contributed by atoms with Crippen LogP contribution in [0.3, 0.4) is 0 Å². The minimum Gasteiger partial charge on any atom is -0.393 e. The molecular formula is C6H15NO2P2. The number of aliphatic hydroxyl groups is 1. The lowest BCUT2D eigenvalue weighted by Gasteiger charge is -2.19. The van der Waals surface area contributed by atoms with Crippen molar-refractivity contribution in [2.24, 2.45) is 11.7 Å². The lowest BCUT2D eigenvalue weighted by atomic mass is 10.1. The lowest BCUT2D eigenvalue weighted by Crippen LogP contribution is -2.32. The van der Waals surface area contributed by atoms with Gasteiger partial charge in [0.15, 0.2) is 0 Å². The monoisotopic (exact) mass is 195 g/mol. The molecule has 6 atom stereocenters. The highest BCUT2D eigenvalue weighted by Gasteiger charge is 2.38. The van der Waals surface area contributed by atoms with E-state index in [1.54, 1.807) is 0 Å². The van der Waals surface area contributed by atoms with Crippen LogP contribution in [-0.4, -0.2) is 23.4 Å². The molecule has 0 aromatic heterocycles. The zero-order valence-corrected chi connectivity index (χ0v) is 8.68. The van der Waals surface area contributed by atoms with E-state index in [9.17, 15) is 5.11 Å². The molecule has 3 nitrogen and oxygen atoms in total. The van der Waals surface area contributed by atoms with Gasteiger partial charge in [-0.1, -0.05) is 15.9 Å². The Morgan fingerprint density at radius 1 is 1.73 bits per heavy atom. The highest BCUT2D eigenvalue weighted by molar-refractivity contribution is 8.00. The van der Waals surface area contributed by atoms with Crippen LogP contribution in [0.4, 0.5) is 0 Å². The molecule has 3 N–H and O–H groups in total. The highest BCUT2D eigenvalue weighted by Crippen LogP contribution is 2.34. The summed E-state index contributed by atoms with van der Waals surface area (Å²) < 4.78 is 5.40. The second kappa shape index (κ2) is 4.11. The summed E-state index contributed by atoms with van der Waals surface area (Å²) in [6.45, 7) is 1.98. The quantitative estimate of drug-likeness (QED) is 0.630. The van der Waals surface area contributed by atoms with Crippen LogP contribution in [-0.2, 0) is 4.52 Å². The fourth-order valence-corrected chi connectivity index (χ4v) is 2.53. The van der Waals surface area contributed by atoms with E-state index in [1.807, 2.05) is 6.92 Å². The van der Waals surface area contributed by atoms with Gasteiger partial charge in [0.2, 0.25) is 0 Å². The van der Waals surface area contributed by atoms with Gasteiger partial charge in [-0.25, -0.2) is 0 Å². The smallest absolute Gasteiger partial charge is 0.0820 e. The van der Waals surface area contributed by atoms with Crippen molar-refractivity contribution < 1.29 is 9.63 Å². The first-order valence-electron chi connectivity index (χ1n) is 3.71. The van der Waals surface area contributed by atoms with Gasteiger partial charge in [0.05, 0.1) is 12.2 Å². The molecule has 66 valence electrons. The average molecular weight is 195 g/mol. The molecule has 0 heterocycles. The van der Waals surface area contributed by atoms with Gasteiger partial charge in [0.1, 0.15) is 0 Å². The number of hydrogen-bond donors (Lipinski definition) is 2. The van der Waals surface area contributed by atoms with Gasteiger partial charge in [-0.3, -0.25) is 0 Å². The van der Waals surface area contributed by atoms with Crippen molar-refractivity contribution in [3.63, 3.8) is 0 Å². The van der Waals surface area contributed by atoms with Crippen molar-refractivity contribution in [2.45, 2.75) is 31.6 Å². The largest absolute Gasteiger partial charge is 0.393 e. The zero-order valence-electron chi connectivity index (χ0n) is 6.53. The summed E-state index contributed by atoms with van der Waals surface area (Å²) in [6, 6.07) is 0.00745. The molecule has 1 fully saturated rings. The predicted molar refractivity (Wildman–Crippen MR) is 50.7 cm³/mol. The first-order valence-corrected chi connectivity index (χ1v) is 6.43. The number of aliphatic hydroxyl groups excluding tert-OH is 1. The minimum absolute atomic E-state index is 0.00745. The third-order valence-electron chi connectivity index (χ3n) is 2.26. The van der Waals surface area contributed by atoms with E-state index < -0.39 is 0 Å². The van der Waals surface area contributed by atoms with E-state index in [1.165, 1.54) is 0 Å². The van der Waals surface area contributed by atoms with Crippen molar-refractivity contribution in [3.8, 4) is 0 Å². The topological polar surface area (TPSA) is 55.5 Å². The summed E-state index contributed by atoms with van der Waals surface area (Å²) in [6.07, 6.45) is 0.429. The summed E-state index contributed by atoms with van der Waals surface area (Å²) in [5, 5.41) is 9.40. The predicted octanol–water partition coefficient (Wildman–Crippen LogP) is 0.483. The summed E-state index contributed by atoms with van der Waals surface area (Å²) in [5.41, 5.74) is 5.76. The standard InChI is InChI=1S/C6H15NO2P2/c1-3-5(8)2-4(7)6(3)9-11-10/h3-6,8,11H,2,7,10H2,1H3/t3-,4-,5+,6-/m1/s1. The van der Waals surface area contributed by atoms with E-state index >= 15 is 0 Å². The Morgan fingerprint density at radius 3 is 2.73 bits per heavy atom. The molecule has 0 saturated heterocycles. The molecule has 1 aliphatic carbocycles. The first-order chi connectivity index (χ1) is 5.16. The molecule has 0 aromatic carbocycles. The van der Waals surface area contributed by atoms with Gasteiger partial charge in [-0.2, -0.15) is 0 Å². The Morgan fingerprint density at radius 2 is 2.36 bits per heavy atom. The van der Waals surface area contributed by atoms with Crippen molar-refractivity contribution in [1.29, 1.82) is 0 Å². The molecule has 0 aliphatic heterocycles. The molecule has 5 heteroatoms. The maximum absolute atomic E-state index is 9.40. The normalized spacial score (nSPS) is 45.8. The van der Waals surface area contributed by atoms with Gasteiger partial charge < -0.3 is 15.4 Å². The van der Waals surface area contributed by atoms with Crippen LogP contribution in [0, 0.1) is 5.92 Å². The molecular weight excluding hydrogens is 180 g/mol. The molecule has 11 heavy (non-hydrogen) atoms. The lowest BCUT2D eigenvalue weighted by molar-refractivity contribution is 0.0969. The fourth-order valence-electron chi connectivity index (χ4n) is 1.51. The molecule has 1 aliphatic rings. The Bertz CT molecular complexity index is 136. The van der Waals surface area contributed by atoms with Crippen molar-refractivity contribution in [3.05, 3.63) is 0 Å². The molecule has 0 bridgehead atoms. The van der Waals surface area contributed by atoms with Crippen molar-refractivity contribution in [2.75, 3.05) is 0 Å². The van der Waals surface area contributed by atoms with Crippen molar-refractivity contribution >= 4 is 17.4 Å². The highest BCUT2D eigenvalue weighted by atomic mass is 32.0. The van der Waals surface area contributed by atoms with Gasteiger partial charge in [0, 0.05) is 20.5 Å². The molecule has 0 aromatic rings. The Labute approximate surface area is 71.0 Å². The zero-order chi connectivity index (χ0) is 8.43. The van der Waals surface area contributed by atoms with Crippen molar-refractivity contribution in [1.82, 2.24) is 0 Å². The Hall–Kier alpha value is 0.740. The molecule has 0 amide bonds. The van der Waals surface area contributed by atoms with Gasteiger partial charge in [-0.15, -0.1) is 0 Å². The second-order valence-corrected chi connectivity index (χ2v) is 4.20. The maximum Gasteiger partial charge on any atom is 0.0820 e. The minimum atomic E-state index is -0.281. The molecule has 1 saturated carbocycles. The summed E-state index contributed by atoms with van der Waals surface area (Å²) >= 11 is 0. The average Bonchev–Trinajstić information content (AvgIpc) is 2.17. The van der Waals surface area contributed by atoms with Crippen LogP contribution in [0.15, 0.2) is 0 Å². The van der Waals surface area contributed by atoms with Gasteiger partial charge in [0.25, 0.3) is 0 Å². The van der Waals surface area contributed by atoms with Crippen LogP contribution in [0.2, 0.25) is 0 Å². The van der Waals surface area contributed by atoms with Crippen LogP contribution in [0.25, 0.3) is 0 Å². The number of hydrogen-bond acceptors (Lipinski definition) is 3. The SMILES string of the molecule is C[C@H]1[C@@H](OPP)[C@H](N)C[C@@H]1O. The van der Waals surface area contributed by atoms with Crippen LogP contribution in [0.1, 0.15) is 13.3 Å². The number of rotatable bonds is 2. The molecule has 1 rings (SSSR count). The second-order valence-electron chi connectivity index (χ2n) is 3.03. The van der Waals surface area contributed by atoms with Gasteiger partial charge in [-0.05, 0) is 6.42 Å². The Balaban J connectivity index is 2.49. The van der Waals surface area contributed by atoms with E-state index in [0.29, 0.717) is 14.9 Å². The van der Waals surface area contributed by atoms with E-state index in [-0.39, 0.29) is 24.2 Å². The fraction of sp³-hybridized carbons (Fsp3) is 1.00. The van der Waals surface area contributed by atoms with Gasteiger partial charge >= 0.3 is 0 Å². The number of nitrogens with two attached hydrogens (primary N) is 1. The van der Waals surface area contributed by atoms with E-state index in [4.69, 9.17) is 10.3 Å². The molecule has 0 radical (unpaired) electrons. The van der Waals surface area contributed by atoms with E-state index in [0.717, 1.165) is 0 Å². The van der Waals surface area contributed by atoms with Crippen LogP contribution < -0.4 is 5.73 Å². The summed E-state index contributed by atoms with van der Waals surface area (Å²) in [5.74, 6) is 0.179. The third-order valence-corrected chi connectivity index (χ3v) is 3.08. The molecule has 2 unspecified atom stereocenters. The summed E-state index contributed by atoms with van der Waals surface area (Å²) in [4.78, 5) is 0. The third kappa shape index (κ3) is 2.11. The summed E-state index contributed by atoms with van der Waals surface area (Å²) in [7, 11) is 2.90. The maximum atomic E-state index is 9.40. The first kappa shape index (κ1) is 9.83. The van der Waals surface area contributed by atoms with Crippen LogP contribution in [0.5, 0.6) is 0 Å². The van der Waals surface area contributed by atoms with Crippen LogP contribution >= 0.6 is 17.4 Å².